The summed E-state index contributed by atoms with van der Waals surface area (Å²) in [4.78, 5) is 12.5. The van der Waals surface area contributed by atoms with Gasteiger partial charge < -0.3 is 0 Å². The van der Waals surface area contributed by atoms with Crippen LogP contribution in [0.1, 0.15) is 34.8 Å². The summed E-state index contributed by atoms with van der Waals surface area (Å²) in [5.41, 5.74) is 2.81. The molecule has 0 bridgehead atoms. The summed E-state index contributed by atoms with van der Waals surface area (Å²) < 4.78 is 12.6. The fraction of sp³-hybridized carbons (Fsp3) is 0.278. The first kappa shape index (κ1) is 15.6. The number of hydrogen-bond acceptors (Lipinski definition) is 2. The molecular formula is C18H20O2S. The number of aryl methyl sites for hydroxylation is 1. The first-order valence-electron chi connectivity index (χ1n) is 7.13. The van der Waals surface area contributed by atoms with E-state index in [1.807, 2.05) is 56.3 Å². The van der Waals surface area contributed by atoms with Crippen LogP contribution in [-0.4, -0.2) is 15.2 Å². The zero-order valence-electron chi connectivity index (χ0n) is 12.4. The standard InChI is InChI=1S/C18H20O2S/c1-3-17(18(19)16-10-5-4-6-11-16)21(20)13-15-9-7-8-14(2)12-15/h4-12,17H,3,13H2,1-2H3. The topological polar surface area (TPSA) is 34.1 Å². The van der Waals surface area contributed by atoms with Gasteiger partial charge in [0.15, 0.2) is 5.78 Å². The zero-order valence-corrected chi connectivity index (χ0v) is 13.2. The van der Waals surface area contributed by atoms with E-state index in [2.05, 4.69) is 0 Å². The van der Waals surface area contributed by atoms with Gasteiger partial charge >= 0.3 is 0 Å². The first-order valence-corrected chi connectivity index (χ1v) is 8.52. The minimum Gasteiger partial charge on any atom is -0.293 e. The Morgan fingerprint density at radius 3 is 2.43 bits per heavy atom. The maximum atomic E-state index is 12.6. The molecule has 0 heterocycles. The van der Waals surface area contributed by atoms with E-state index in [-0.39, 0.29) is 5.78 Å². The quantitative estimate of drug-likeness (QED) is 0.758. The van der Waals surface area contributed by atoms with Crippen molar-refractivity contribution < 1.29 is 9.00 Å². The van der Waals surface area contributed by atoms with E-state index in [0.29, 0.717) is 17.7 Å². The van der Waals surface area contributed by atoms with Crippen molar-refractivity contribution in [3.63, 3.8) is 0 Å². The molecule has 0 saturated carbocycles. The molecule has 2 unspecified atom stereocenters. The molecule has 2 nitrogen and oxygen atoms in total. The minimum atomic E-state index is -1.20. The lowest BCUT2D eigenvalue weighted by molar-refractivity contribution is 0.0986. The summed E-state index contributed by atoms with van der Waals surface area (Å²) in [5.74, 6) is 0.405. The largest absolute Gasteiger partial charge is 0.293 e. The van der Waals surface area contributed by atoms with Gasteiger partial charge in [-0.2, -0.15) is 0 Å². The van der Waals surface area contributed by atoms with Crippen molar-refractivity contribution in [2.45, 2.75) is 31.3 Å². The third-order valence-electron chi connectivity index (χ3n) is 3.43. The Kier molecular flexibility index (Phi) is 5.45. The second kappa shape index (κ2) is 7.32. The average Bonchev–Trinajstić information content (AvgIpc) is 2.48. The van der Waals surface area contributed by atoms with E-state index in [9.17, 15) is 9.00 Å². The molecule has 3 heteroatoms. The van der Waals surface area contributed by atoms with Gasteiger partial charge in [-0.05, 0) is 18.9 Å². The smallest absolute Gasteiger partial charge is 0.178 e. The maximum Gasteiger partial charge on any atom is 0.178 e. The van der Waals surface area contributed by atoms with Gasteiger partial charge in [0.1, 0.15) is 0 Å². The molecule has 2 aromatic rings. The molecule has 0 aliphatic heterocycles. The van der Waals surface area contributed by atoms with Crippen molar-refractivity contribution in [1.82, 2.24) is 0 Å². The van der Waals surface area contributed by atoms with Crippen LogP contribution in [0.2, 0.25) is 0 Å². The molecule has 0 aromatic heterocycles. The first-order chi connectivity index (χ1) is 10.1. The second-order valence-corrected chi connectivity index (χ2v) is 6.76. The molecule has 0 radical (unpaired) electrons. The van der Waals surface area contributed by atoms with Crippen LogP contribution in [0.15, 0.2) is 54.6 Å². The van der Waals surface area contributed by atoms with Gasteiger partial charge in [-0.1, -0.05) is 67.1 Å². The molecule has 0 aliphatic carbocycles. The van der Waals surface area contributed by atoms with Gasteiger partial charge in [-0.25, -0.2) is 0 Å². The van der Waals surface area contributed by atoms with Crippen LogP contribution in [-0.2, 0) is 16.6 Å². The summed E-state index contributed by atoms with van der Waals surface area (Å²) >= 11 is 0. The lowest BCUT2D eigenvalue weighted by atomic mass is 10.1. The van der Waals surface area contributed by atoms with Gasteiger partial charge in [-0.15, -0.1) is 0 Å². The second-order valence-electron chi connectivity index (χ2n) is 5.14. The molecule has 2 rings (SSSR count). The Labute approximate surface area is 128 Å². The fourth-order valence-electron chi connectivity index (χ4n) is 2.35. The third kappa shape index (κ3) is 4.11. The lowest BCUT2D eigenvalue weighted by Gasteiger charge is -2.14. The molecule has 0 fully saturated rings. The van der Waals surface area contributed by atoms with Crippen molar-refractivity contribution >= 4 is 16.6 Å². The Morgan fingerprint density at radius 1 is 1.10 bits per heavy atom. The zero-order chi connectivity index (χ0) is 15.2. The summed E-state index contributed by atoms with van der Waals surface area (Å²) in [6, 6.07) is 17.1. The molecule has 2 aromatic carbocycles. The van der Waals surface area contributed by atoms with E-state index < -0.39 is 16.0 Å². The summed E-state index contributed by atoms with van der Waals surface area (Å²) in [7, 11) is -1.20. The number of ketones is 1. The number of Topliss-reactive ketones (excluding diaryl/α,β-unsaturated/α-hetero) is 1. The molecule has 0 spiro atoms. The summed E-state index contributed by atoms with van der Waals surface area (Å²) in [6.45, 7) is 3.93. The molecule has 0 amide bonds. The highest BCUT2D eigenvalue weighted by Gasteiger charge is 2.24. The molecular weight excluding hydrogens is 280 g/mol. The van der Waals surface area contributed by atoms with Crippen LogP contribution in [0.25, 0.3) is 0 Å². The van der Waals surface area contributed by atoms with Gasteiger partial charge in [0.2, 0.25) is 0 Å². The normalized spacial score (nSPS) is 13.6. The molecule has 2 atom stereocenters. The molecule has 0 N–H and O–H groups in total. The Morgan fingerprint density at radius 2 is 1.81 bits per heavy atom. The van der Waals surface area contributed by atoms with E-state index in [4.69, 9.17) is 0 Å². The van der Waals surface area contributed by atoms with Gasteiger partial charge in [0.25, 0.3) is 0 Å². The van der Waals surface area contributed by atoms with Crippen LogP contribution in [0.4, 0.5) is 0 Å². The Hall–Kier alpha value is -1.74. The summed E-state index contributed by atoms with van der Waals surface area (Å²) in [6.07, 6.45) is 0.589. The van der Waals surface area contributed by atoms with Crippen LogP contribution in [0.3, 0.4) is 0 Å². The van der Waals surface area contributed by atoms with Crippen LogP contribution in [0, 0.1) is 6.92 Å². The third-order valence-corrected chi connectivity index (χ3v) is 5.23. The minimum absolute atomic E-state index is 0.0240. The molecule has 0 saturated heterocycles. The SMILES string of the molecule is CCC(C(=O)c1ccccc1)S(=O)Cc1cccc(C)c1. The highest BCUT2D eigenvalue weighted by atomic mass is 32.2. The van der Waals surface area contributed by atoms with Gasteiger partial charge in [0, 0.05) is 22.1 Å². The van der Waals surface area contributed by atoms with Crippen molar-refractivity contribution in [2.24, 2.45) is 0 Å². The average molecular weight is 300 g/mol. The predicted molar refractivity (Wildman–Crippen MR) is 87.9 cm³/mol. The van der Waals surface area contributed by atoms with Crippen LogP contribution in [0.5, 0.6) is 0 Å². The highest BCUT2D eigenvalue weighted by molar-refractivity contribution is 7.85. The van der Waals surface area contributed by atoms with Crippen molar-refractivity contribution in [3.05, 3.63) is 71.3 Å². The number of benzene rings is 2. The van der Waals surface area contributed by atoms with Gasteiger partial charge in [-0.3, -0.25) is 9.00 Å². The van der Waals surface area contributed by atoms with Crippen molar-refractivity contribution in [1.29, 1.82) is 0 Å². The number of rotatable bonds is 6. The number of carbonyl (C=O) groups is 1. The van der Waals surface area contributed by atoms with E-state index in [0.717, 1.165) is 11.1 Å². The fourth-order valence-corrected chi connectivity index (χ4v) is 3.80. The van der Waals surface area contributed by atoms with Crippen LogP contribution < -0.4 is 0 Å². The van der Waals surface area contributed by atoms with Gasteiger partial charge in [0.05, 0.1) is 5.25 Å². The summed E-state index contributed by atoms with van der Waals surface area (Å²) in [5, 5.41) is -0.437. The lowest BCUT2D eigenvalue weighted by Crippen LogP contribution is -2.26. The molecule has 0 aliphatic rings. The van der Waals surface area contributed by atoms with E-state index >= 15 is 0 Å². The predicted octanol–water partition coefficient (Wildman–Crippen LogP) is 3.91. The van der Waals surface area contributed by atoms with Crippen LogP contribution >= 0.6 is 0 Å². The van der Waals surface area contributed by atoms with E-state index in [1.54, 1.807) is 12.1 Å². The van der Waals surface area contributed by atoms with Crippen molar-refractivity contribution in [3.8, 4) is 0 Å². The highest BCUT2D eigenvalue weighted by Crippen LogP contribution is 2.16. The van der Waals surface area contributed by atoms with E-state index in [1.165, 1.54) is 0 Å². The monoisotopic (exact) mass is 300 g/mol. The maximum absolute atomic E-state index is 12.6. The Bertz CT molecular complexity index is 635. The molecule has 110 valence electrons. The Balaban J connectivity index is 2.14. The van der Waals surface area contributed by atoms with Crippen molar-refractivity contribution in [2.75, 3.05) is 0 Å². The number of hydrogen-bond donors (Lipinski definition) is 0. The number of carbonyl (C=O) groups excluding carboxylic acids is 1. The molecule has 21 heavy (non-hydrogen) atoms.